The van der Waals surface area contributed by atoms with Gasteiger partial charge < -0.3 is 5.32 Å². The Morgan fingerprint density at radius 2 is 1.63 bits per heavy atom. The number of alkyl halides is 2. The van der Waals surface area contributed by atoms with Gasteiger partial charge in [0.2, 0.25) is 25.8 Å². The molecule has 2 aromatic carbocycles. The predicted octanol–water partition coefficient (Wildman–Crippen LogP) is 1.96. The van der Waals surface area contributed by atoms with Gasteiger partial charge in [-0.1, -0.05) is 24.3 Å². The molecule has 2 rings (SSSR count). The number of halogens is 2. The van der Waals surface area contributed by atoms with E-state index in [1.54, 1.807) is 31.0 Å². The van der Waals surface area contributed by atoms with Crippen LogP contribution in [0.3, 0.4) is 0 Å². The summed E-state index contributed by atoms with van der Waals surface area (Å²) >= 11 is 0. The van der Waals surface area contributed by atoms with Crippen molar-refractivity contribution in [2.75, 3.05) is 18.9 Å². The summed E-state index contributed by atoms with van der Waals surface area (Å²) in [6.07, 6.45) is 0. The zero-order valence-corrected chi connectivity index (χ0v) is 17.8. The maximum absolute atomic E-state index is 12.9. The first-order valence-electron chi connectivity index (χ1n) is 8.58. The highest BCUT2D eigenvalue weighted by Crippen LogP contribution is 2.26. The number of nitrogens with zero attached hydrogens (tertiary/aromatic N) is 1. The predicted molar refractivity (Wildman–Crippen MR) is 107 cm³/mol. The molecule has 0 aliphatic heterocycles. The van der Waals surface area contributed by atoms with E-state index in [1.165, 1.54) is 30.3 Å². The molecule has 0 bridgehead atoms. The van der Waals surface area contributed by atoms with E-state index in [2.05, 4.69) is 5.32 Å². The van der Waals surface area contributed by atoms with E-state index in [9.17, 15) is 30.4 Å². The van der Waals surface area contributed by atoms with Crippen LogP contribution in [-0.2, 0) is 24.7 Å². The summed E-state index contributed by atoms with van der Waals surface area (Å²) in [5.41, 5.74) is 0.472. The lowest BCUT2D eigenvalue weighted by Crippen LogP contribution is -2.32. The molecule has 1 amide bonds. The molecule has 1 unspecified atom stereocenters. The van der Waals surface area contributed by atoms with Crippen molar-refractivity contribution < 1.29 is 30.4 Å². The Hall–Kier alpha value is -2.41. The highest BCUT2D eigenvalue weighted by atomic mass is 32.2. The van der Waals surface area contributed by atoms with Crippen LogP contribution >= 0.6 is 0 Å². The molecular formula is C18H21F2N3O5S2. The number of sulfone groups is 1. The van der Waals surface area contributed by atoms with Crippen LogP contribution in [0.25, 0.3) is 0 Å². The summed E-state index contributed by atoms with van der Waals surface area (Å²) in [6, 6.07) is 10.4. The van der Waals surface area contributed by atoms with Gasteiger partial charge in [0, 0.05) is 6.04 Å². The molecule has 3 N–H and O–H groups in total. The molecule has 0 spiro atoms. The van der Waals surface area contributed by atoms with Crippen LogP contribution in [0.5, 0.6) is 0 Å². The lowest BCUT2D eigenvalue weighted by atomic mass is 10.1. The van der Waals surface area contributed by atoms with Gasteiger partial charge in [0.15, 0.2) is 0 Å². The van der Waals surface area contributed by atoms with E-state index in [4.69, 9.17) is 5.14 Å². The molecule has 0 aromatic heterocycles. The zero-order chi connectivity index (χ0) is 22.7. The summed E-state index contributed by atoms with van der Waals surface area (Å²) in [5, 5.41) is 7.41. The summed E-state index contributed by atoms with van der Waals surface area (Å²) < 4.78 is 72.0. The van der Waals surface area contributed by atoms with Gasteiger partial charge in [0.25, 0.3) is 0 Å². The second-order valence-corrected chi connectivity index (χ2v) is 10.0. The Balaban J connectivity index is 2.12. The van der Waals surface area contributed by atoms with E-state index >= 15 is 0 Å². The number of para-hydroxylation sites is 1. The van der Waals surface area contributed by atoms with Gasteiger partial charge >= 0.3 is 5.76 Å². The molecule has 8 nitrogen and oxygen atoms in total. The Bertz CT molecular complexity index is 1120. The molecule has 30 heavy (non-hydrogen) atoms. The zero-order valence-electron chi connectivity index (χ0n) is 16.1. The third-order valence-electron chi connectivity index (χ3n) is 4.45. The molecule has 1 atom stereocenters. The van der Waals surface area contributed by atoms with Gasteiger partial charge in [-0.25, -0.2) is 22.0 Å². The van der Waals surface area contributed by atoms with Crippen molar-refractivity contribution in [2.45, 2.75) is 28.5 Å². The summed E-state index contributed by atoms with van der Waals surface area (Å²) in [7, 11) is -7.08. The lowest BCUT2D eigenvalue weighted by Gasteiger charge is -2.25. The number of sulfonamides is 1. The van der Waals surface area contributed by atoms with Crippen molar-refractivity contribution in [3.05, 3.63) is 54.1 Å². The fourth-order valence-electron chi connectivity index (χ4n) is 2.66. The summed E-state index contributed by atoms with van der Waals surface area (Å²) in [5.74, 6) is -4.22. The van der Waals surface area contributed by atoms with Gasteiger partial charge in [-0.15, -0.1) is 0 Å². The SMILES string of the molecule is CC(c1ccc(S(N)(=O)=O)cc1)N(C)CC(=O)Nc1ccccc1S(=O)(=O)C(F)F. The number of hydrogen-bond acceptors (Lipinski definition) is 6. The fraction of sp³-hybridized carbons (Fsp3) is 0.278. The van der Waals surface area contributed by atoms with Crippen molar-refractivity contribution >= 4 is 31.5 Å². The van der Waals surface area contributed by atoms with Gasteiger partial charge in [-0.05, 0) is 43.8 Å². The quantitative estimate of drug-likeness (QED) is 0.619. The van der Waals surface area contributed by atoms with Gasteiger partial charge in [0.05, 0.1) is 22.0 Å². The molecule has 0 saturated heterocycles. The van der Waals surface area contributed by atoms with Crippen LogP contribution in [-0.4, -0.2) is 47.0 Å². The molecule has 0 aliphatic rings. The third kappa shape index (κ3) is 5.59. The van der Waals surface area contributed by atoms with Gasteiger partial charge in [0.1, 0.15) is 0 Å². The molecule has 2 aromatic rings. The maximum Gasteiger partial charge on any atom is 0.341 e. The van der Waals surface area contributed by atoms with Crippen LogP contribution in [0.1, 0.15) is 18.5 Å². The van der Waals surface area contributed by atoms with Crippen molar-refractivity contribution in [2.24, 2.45) is 5.14 Å². The number of rotatable bonds is 8. The van der Waals surface area contributed by atoms with Crippen molar-refractivity contribution in [3.63, 3.8) is 0 Å². The topological polar surface area (TPSA) is 127 Å². The normalized spacial score (nSPS) is 13.4. The van der Waals surface area contributed by atoms with Crippen LogP contribution < -0.4 is 10.5 Å². The average molecular weight is 462 g/mol. The molecule has 164 valence electrons. The van der Waals surface area contributed by atoms with Gasteiger partial charge in [-0.2, -0.15) is 8.78 Å². The largest absolute Gasteiger partial charge is 0.341 e. The fourth-order valence-corrected chi connectivity index (χ4v) is 4.06. The van der Waals surface area contributed by atoms with Crippen LogP contribution in [0.15, 0.2) is 58.3 Å². The van der Waals surface area contributed by atoms with Crippen LogP contribution in [0.2, 0.25) is 0 Å². The Labute approximate surface area is 173 Å². The van der Waals surface area contributed by atoms with E-state index in [1.807, 2.05) is 0 Å². The Morgan fingerprint density at radius 3 is 2.17 bits per heavy atom. The number of anilines is 1. The highest BCUT2D eigenvalue weighted by Gasteiger charge is 2.29. The number of hydrogen-bond donors (Lipinski definition) is 2. The number of carbonyl (C=O) groups excluding carboxylic acids is 1. The minimum Gasteiger partial charge on any atom is -0.324 e. The number of carbonyl (C=O) groups is 1. The minimum absolute atomic E-state index is 0.0457. The van der Waals surface area contributed by atoms with Crippen molar-refractivity contribution in [3.8, 4) is 0 Å². The molecule has 0 heterocycles. The van der Waals surface area contributed by atoms with Crippen molar-refractivity contribution in [1.29, 1.82) is 0 Å². The first-order valence-corrected chi connectivity index (χ1v) is 11.7. The first kappa shape index (κ1) is 23.9. The van der Waals surface area contributed by atoms with Gasteiger partial charge in [-0.3, -0.25) is 9.69 Å². The standard InChI is InChI=1S/C18H21F2N3O5S2/c1-12(13-7-9-14(10-8-13)30(21,27)28)23(2)11-17(24)22-15-5-3-4-6-16(15)29(25,26)18(19)20/h3-10,12,18H,11H2,1-2H3,(H,22,24)(H2,21,27,28). The maximum atomic E-state index is 12.9. The number of primary sulfonamides is 1. The number of nitrogens with two attached hydrogens (primary N) is 1. The smallest absolute Gasteiger partial charge is 0.324 e. The minimum atomic E-state index is -4.88. The lowest BCUT2D eigenvalue weighted by molar-refractivity contribution is -0.117. The van der Waals surface area contributed by atoms with E-state index < -0.39 is 36.4 Å². The summed E-state index contributed by atoms with van der Waals surface area (Å²) in [4.78, 5) is 13.3. The second kappa shape index (κ2) is 9.16. The van der Waals surface area contributed by atoms with Crippen LogP contribution in [0, 0.1) is 0 Å². The number of nitrogens with one attached hydrogen (secondary N) is 1. The molecule has 0 fully saturated rings. The molecule has 12 heteroatoms. The number of benzene rings is 2. The molecular weight excluding hydrogens is 440 g/mol. The van der Waals surface area contributed by atoms with Crippen molar-refractivity contribution in [1.82, 2.24) is 4.90 Å². The Kier molecular flexibility index (Phi) is 7.29. The second-order valence-electron chi connectivity index (χ2n) is 6.56. The average Bonchev–Trinajstić information content (AvgIpc) is 2.66. The van der Waals surface area contributed by atoms with E-state index in [-0.39, 0.29) is 23.2 Å². The molecule has 0 aliphatic carbocycles. The number of likely N-dealkylation sites (N-methyl/N-ethyl adjacent to an activating group) is 1. The summed E-state index contributed by atoms with van der Waals surface area (Å²) in [6.45, 7) is 1.59. The van der Waals surface area contributed by atoms with E-state index in [0.29, 0.717) is 5.56 Å². The van der Waals surface area contributed by atoms with E-state index in [0.717, 1.165) is 6.07 Å². The highest BCUT2D eigenvalue weighted by molar-refractivity contribution is 7.91. The monoisotopic (exact) mass is 461 g/mol. The number of amides is 1. The first-order chi connectivity index (χ1) is 13.8. The molecule has 0 radical (unpaired) electrons. The molecule has 0 saturated carbocycles. The third-order valence-corrected chi connectivity index (χ3v) is 6.81. The van der Waals surface area contributed by atoms with Crippen LogP contribution in [0.4, 0.5) is 14.5 Å². The Morgan fingerprint density at radius 1 is 1.07 bits per heavy atom.